The fourth-order valence-electron chi connectivity index (χ4n) is 8.60. The number of fused-ring (bicyclic) bond motifs is 20. The van der Waals surface area contributed by atoms with Gasteiger partial charge in [-0.1, -0.05) is 0 Å². The Balaban J connectivity index is 0.00000157. The van der Waals surface area contributed by atoms with Gasteiger partial charge >= 0.3 is 19.5 Å². The van der Waals surface area contributed by atoms with Gasteiger partial charge in [0, 0.05) is 93.4 Å². The van der Waals surface area contributed by atoms with Crippen LogP contribution >= 0.6 is 0 Å². The van der Waals surface area contributed by atoms with Crippen molar-refractivity contribution in [1.29, 1.82) is 0 Å². The van der Waals surface area contributed by atoms with E-state index >= 15 is 0 Å². The molecule has 2 aliphatic rings. The van der Waals surface area contributed by atoms with Crippen molar-refractivity contribution in [3.8, 4) is 91.5 Å². The Morgan fingerprint density at radius 1 is 0.286 bits per heavy atom. The van der Waals surface area contributed by atoms with Gasteiger partial charge in [0.25, 0.3) is 0 Å². The summed E-state index contributed by atoms with van der Waals surface area (Å²) in [5.41, 5.74) is 4.39. The van der Waals surface area contributed by atoms with Gasteiger partial charge < -0.3 is 145 Å². The average Bonchev–Trinajstić information content (AvgIpc) is 4.12. The molecule has 13 rings (SSSR count). The second-order valence-electron chi connectivity index (χ2n) is 17.5. The molecule has 0 unspecified atom stereocenters. The third kappa shape index (κ3) is 11.6. The molecule has 0 amide bonds. The quantitative estimate of drug-likeness (QED) is 0.0847. The van der Waals surface area contributed by atoms with Gasteiger partial charge in [-0.05, 0) is 94.3 Å². The number of pyridine rings is 4. The molecule has 0 N–H and O–H groups in total. The second-order valence-corrected chi connectivity index (χ2v) is 17.5. The number of benzene rings is 4. The largest absolute Gasteiger partial charge is 2.00 e. The number of ether oxygens (including phenoxy) is 4. The standard InChI is InChI=1S/C56H40N12O4.4HI.Zn/c1-65-21-13-33(14-22-65)69-37-5-9-41-45(29-37)53-57-49(41)62-54-47-31-39(71-35-17-25-67(3)26-18-35)7-11-43(47)51(59-54)64-56-48-32-40(72-36-19-27-68(4)28-20-36)8-12-44(48)52(60-56)63-55-46-30-38(6-10-42(46)50(58-55)61-53)70-34-15-23-66(2)24-16-34;;;;;/h5-32H,1-4H3;4*1H;/q+2;;;;;+2/p-4. The molecule has 77 heavy (non-hydrogen) atoms. The van der Waals surface area contributed by atoms with Crippen molar-refractivity contribution in [3.63, 3.8) is 0 Å². The summed E-state index contributed by atoms with van der Waals surface area (Å²) in [6.07, 6.45) is 15.4. The van der Waals surface area contributed by atoms with Gasteiger partial charge in [0.2, 0.25) is 0 Å². The fraction of sp³-hybridized carbons (Fsp3) is 0.0714. The van der Waals surface area contributed by atoms with Crippen molar-refractivity contribution < 1.29 is 153 Å². The predicted molar refractivity (Wildman–Crippen MR) is 265 cm³/mol. The number of rotatable bonds is 8. The third-order valence-corrected chi connectivity index (χ3v) is 12.3. The van der Waals surface area contributed by atoms with Crippen LogP contribution in [0.1, 0.15) is 0 Å². The van der Waals surface area contributed by atoms with Crippen molar-refractivity contribution in [2.24, 2.45) is 28.2 Å². The first kappa shape index (κ1) is 56.8. The van der Waals surface area contributed by atoms with Crippen molar-refractivity contribution in [2.75, 3.05) is 0 Å². The number of hydrogen-bond acceptors (Lipinski definition) is 10. The molecule has 0 fully saturated rings. The van der Waals surface area contributed by atoms with E-state index in [2.05, 4.69) is 0 Å². The molecule has 0 atom stereocenters. The Morgan fingerprint density at radius 3 is 0.857 bits per heavy atom. The second kappa shape index (κ2) is 23.7. The predicted octanol–water partition coefficient (Wildman–Crippen LogP) is -3.39. The van der Waals surface area contributed by atoms with Crippen LogP contribution in [0.2, 0.25) is 0 Å². The van der Waals surface area contributed by atoms with Crippen LogP contribution in [0.3, 0.4) is 0 Å². The summed E-state index contributed by atoms with van der Waals surface area (Å²) in [4.78, 5) is 41.3. The Morgan fingerprint density at radius 2 is 0.545 bits per heavy atom. The normalized spacial score (nSPS) is 10.9. The van der Waals surface area contributed by atoms with E-state index in [4.69, 9.17) is 58.8 Å². The van der Waals surface area contributed by atoms with Crippen molar-refractivity contribution >= 4 is 44.1 Å². The van der Waals surface area contributed by atoms with Crippen LogP contribution in [0.15, 0.2) is 171 Å². The van der Waals surface area contributed by atoms with Crippen LogP contribution in [0.4, 0.5) is 0 Å². The molecule has 4 aromatic carbocycles. The number of hydrogen-bond donors (Lipinski definition) is 0. The van der Waals surface area contributed by atoms with E-state index in [0.717, 1.165) is 21.9 Å². The Hall–Kier alpha value is -6.42. The molecular formula is C56H40I4N12O4Zn. The summed E-state index contributed by atoms with van der Waals surface area (Å²) in [6.45, 7) is 0. The van der Waals surface area contributed by atoms with Gasteiger partial charge in [0.15, 0.2) is 49.6 Å². The summed E-state index contributed by atoms with van der Waals surface area (Å²) >= 11 is 0. The first-order chi connectivity index (χ1) is 35.2. The maximum atomic E-state index is 6.37. The van der Waals surface area contributed by atoms with Crippen LogP contribution < -0.4 is 143 Å². The summed E-state index contributed by atoms with van der Waals surface area (Å²) in [5.74, 6) is 6.62. The minimum absolute atomic E-state index is 0. The van der Waals surface area contributed by atoms with Gasteiger partial charge in [-0.25, -0.2) is 28.2 Å². The topological polar surface area (TPSA) is 158 Å². The molecule has 7 aromatic heterocycles. The van der Waals surface area contributed by atoms with Gasteiger partial charge in [-0.2, -0.15) is 0 Å². The van der Waals surface area contributed by atoms with E-state index in [9.17, 15) is 0 Å². The van der Waals surface area contributed by atoms with Gasteiger partial charge in [0.05, 0.1) is 23.3 Å². The minimum atomic E-state index is 0. The van der Waals surface area contributed by atoms with Crippen LogP contribution in [0, 0.1) is 0 Å². The monoisotopic (exact) mass is 1520 g/mol. The number of aromatic nitrogens is 12. The fourth-order valence-corrected chi connectivity index (χ4v) is 8.60. The summed E-state index contributed by atoms with van der Waals surface area (Å²) < 4.78 is 33.3. The van der Waals surface area contributed by atoms with Crippen molar-refractivity contribution in [3.05, 3.63) is 171 Å². The van der Waals surface area contributed by atoms with Crippen LogP contribution in [-0.2, 0) is 47.7 Å². The van der Waals surface area contributed by atoms with Crippen molar-refractivity contribution in [1.82, 2.24) is 39.9 Å². The van der Waals surface area contributed by atoms with E-state index in [0.29, 0.717) is 114 Å². The van der Waals surface area contributed by atoms with Gasteiger partial charge in [-0.15, -0.1) is 0 Å². The molecule has 0 spiro atoms. The van der Waals surface area contributed by atoms with E-state index in [1.807, 2.05) is 217 Å². The van der Waals surface area contributed by atoms with Gasteiger partial charge in [0.1, 0.15) is 74.2 Å². The molecule has 11 aromatic rings. The number of halogens is 4. The first-order valence-electron chi connectivity index (χ1n) is 23.0. The molecule has 21 heteroatoms. The van der Waals surface area contributed by atoms with E-state index < -0.39 is 0 Å². The van der Waals surface area contributed by atoms with Crippen LogP contribution in [0.25, 0.3) is 89.7 Å². The van der Waals surface area contributed by atoms with E-state index in [-0.39, 0.29) is 115 Å². The average molecular weight is 1520 g/mol. The Kier molecular flexibility index (Phi) is 17.5. The molecular weight excluding hydrogens is 1480 g/mol. The minimum Gasteiger partial charge on any atom is -1.00 e. The Bertz CT molecular complexity index is 3900. The van der Waals surface area contributed by atoms with E-state index in [1.165, 1.54) is 0 Å². The van der Waals surface area contributed by atoms with Gasteiger partial charge in [-0.3, -0.25) is 0 Å². The maximum absolute atomic E-state index is 6.37. The zero-order valence-electron chi connectivity index (χ0n) is 41.4. The first-order valence-corrected chi connectivity index (χ1v) is 23.0. The molecule has 2 aliphatic heterocycles. The molecule has 0 aliphatic carbocycles. The number of aryl methyl sites for hydroxylation is 4. The SMILES string of the molecule is C[n+]1ccc(Oc2ccc3c(c2)-c2nc-3nc3[n-]c(nc4nc(nc5[n-]c(n2)c2ccc(Oc6cc[n+](C)cc6)cc52)-c2ccc(Oc5cc[n+](C)cc5)cc2-4)c2ccc(Oc4cc[n+](C)cc4)cc32)cc1.[I-].[I-].[I-].[I-].[Zn+2]. The molecule has 8 bridgehead atoms. The van der Waals surface area contributed by atoms with Crippen LogP contribution in [0.5, 0.6) is 46.0 Å². The zero-order chi connectivity index (χ0) is 48.5. The molecule has 0 saturated carbocycles. The molecule has 0 saturated heterocycles. The maximum Gasteiger partial charge on any atom is 2.00 e. The molecule has 0 radical (unpaired) electrons. The van der Waals surface area contributed by atoms with E-state index in [1.54, 1.807) is 0 Å². The number of nitrogens with zero attached hydrogens (tertiary/aromatic N) is 12. The third-order valence-electron chi connectivity index (χ3n) is 12.3. The van der Waals surface area contributed by atoms with Crippen molar-refractivity contribution in [2.45, 2.75) is 0 Å². The molecule has 9 heterocycles. The summed E-state index contributed by atoms with van der Waals surface area (Å²) in [5, 5.41) is 2.84. The Labute approximate surface area is 521 Å². The zero-order valence-corrected chi connectivity index (χ0v) is 53.0. The molecule has 16 nitrogen and oxygen atoms in total. The van der Waals surface area contributed by atoms with Crippen LogP contribution in [-0.4, -0.2) is 29.9 Å². The summed E-state index contributed by atoms with van der Waals surface area (Å²) in [6, 6.07) is 38.3. The summed E-state index contributed by atoms with van der Waals surface area (Å²) in [7, 11) is 7.83. The molecule has 378 valence electrons. The smallest absolute Gasteiger partial charge is 1.00 e.